The van der Waals surface area contributed by atoms with Gasteiger partial charge in [0.1, 0.15) is 5.82 Å². The number of amides is 3. The first-order valence-corrected chi connectivity index (χ1v) is 10.3. The molecule has 0 radical (unpaired) electrons. The highest BCUT2D eigenvalue weighted by molar-refractivity contribution is 6.44. The largest absolute Gasteiger partial charge is 0.326 e. The Bertz CT molecular complexity index is 1140. The fourth-order valence-corrected chi connectivity index (χ4v) is 3.17. The molecule has 0 fully saturated rings. The SMILES string of the molecule is CC(=O)Nc1cccc(-n2nc(C(C)(C)C)cc2NC(=O)Nc2cccc(Cl)c2Cl)c1. The van der Waals surface area contributed by atoms with E-state index in [-0.39, 0.29) is 16.3 Å². The Morgan fingerprint density at radius 2 is 1.68 bits per heavy atom. The van der Waals surface area contributed by atoms with Crippen LogP contribution in [0.3, 0.4) is 0 Å². The molecular formula is C22H23Cl2N5O2. The zero-order valence-electron chi connectivity index (χ0n) is 17.6. The number of rotatable bonds is 4. The number of urea groups is 1. The molecule has 2 aromatic carbocycles. The Kier molecular flexibility index (Phi) is 6.57. The number of hydrogen-bond acceptors (Lipinski definition) is 3. The van der Waals surface area contributed by atoms with E-state index < -0.39 is 6.03 Å². The number of nitrogens with one attached hydrogen (secondary N) is 3. The first-order chi connectivity index (χ1) is 14.5. The summed E-state index contributed by atoms with van der Waals surface area (Å²) in [5, 5.41) is 13.5. The van der Waals surface area contributed by atoms with Crippen LogP contribution < -0.4 is 16.0 Å². The Labute approximate surface area is 190 Å². The van der Waals surface area contributed by atoms with Crippen LogP contribution in [0.5, 0.6) is 0 Å². The van der Waals surface area contributed by atoms with Crippen molar-refractivity contribution in [3.8, 4) is 5.69 Å². The molecule has 0 saturated carbocycles. The lowest BCUT2D eigenvalue weighted by Gasteiger charge is -2.14. The van der Waals surface area contributed by atoms with Crippen LogP contribution in [-0.4, -0.2) is 21.7 Å². The van der Waals surface area contributed by atoms with Gasteiger partial charge in [-0.1, -0.05) is 56.1 Å². The van der Waals surface area contributed by atoms with Crippen molar-refractivity contribution in [3.05, 3.63) is 64.3 Å². The quantitative estimate of drug-likeness (QED) is 0.441. The average molecular weight is 460 g/mol. The molecular weight excluding hydrogens is 437 g/mol. The number of aromatic nitrogens is 2. The predicted molar refractivity (Wildman–Crippen MR) is 126 cm³/mol. The van der Waals surface area contributed by atoms with E-state index >= 15 is 0 Å². The molecule has 0 saturated heterocycles. The van der Waals surface area contributed by atoms with Crippen LogP contribution in [0.4, 0.5) is 22.0 Å². The van der Waals surface area contributed by atoms with Crippen molar-refractivity contribution < 1.29 is 9.59 Å². The van der Waals surface area contributed by atoms with Crippen molar-refractivity contribution >= 4 is 52.3 Å². The lowest BCUT2D eigenvalue weighted by Crippen LogP contribution is -2.21. The summed E-state index contributed by atoms with van der Waals surface area (Å²) in [6.07, 6.45) is 0. The number of carbonyl (C=O) groups excluding carboxylic acids is 2. The van der Waals surface area contributed by atoms with Gasteiger partial charge in [-0.05, 0) is 30.3 Å². The standard InChI is InChI=1S/C22H23Cl2N5O2/c1-13(30)25-14-7-5-8-15(11-14)29-19(12-18(28-29)22(2,3)4)27-21(31)26-17-10-6-9-16(23)20(17)24/h5-12H,1-4H3,(H,25,30)(H2,26,27,31). The molecule has 0 aliphatic rings. The van der Waals surface area contributed by atoms with Crippen LogP contribution in [0.1, 0.15) is 33.4 Å². The van der Waals surface area contributed by atoms with E-state index in [1.54, 1.807) is 41.1 Å². The molecule has 3 aromatic rings. The van der Waals surface area contributed by atoms with Crippen molar-refractivity contribution in [1.82, 2.24) is 9.78 Å². The lowest BCUT2D eigenvalue weighted by atomic mass is 9.92. The molecule has 3 N–H and O–H groups in total. The summed E-state index contributed by atoms with van der Waals surface area (Å²) in [5.74, 6) is 0.282. The number of hydrogen-bond donors (Lipinski definition) is 3. The number of anilines is 3. The topological polar surface area (TPSA) is 88.1 Å². The van der Waals surface area contributed by atoms with Gasteiger partial charge in [0.05, 0.1) is 27.1 Å². The third kappa shape index (κ3) is 5.57. The van der Waals surface area contributed by atoms with Gasteiger partial charge < -0.3 is 10.6 Å². The first kappa shape index (κ1) is 22.7. The Balaban J connectivity index is 1.94. The summed E-state index contributed by atoms with van der Waals surface area (Å²) in [6, 6.07) is 13.5. The Morgan fingerprint density at radius 3 is 2.35 bits per heavy atom. The second kappa shape index (κ2) is 8.99. The molecule has 0 spiro atoms. The number of nitrogens with zero attached hydrogens (tertiary/aromatic N) is 2. The van der Waals surface area contributed by atoms with Crippen molar-refractivity contribution in [2.75, 3.05) is 16.0 Å². The second-order valence-electron chi connectivity index (χ2n) is 7.99. The van der Waals surface area contributed by atoms with E-state index in [4.69, 9.17) is 23.2 Å². The summed E-state index contributed by atoms with van der Waals surface area (Å²) in [6.45, 7) is 7.53. The molecule has 9 heteroatoms. The molecule has 1 aromatic heterocycles. The predicted octanol–water partition coefficient (Wildman–Crippen LogP) is 6.08. The van der Waals surface area contributed by atoms with E-state index in [9.17, 15) is 9.59 Å². The summed E-state index contributed by atoms with van der Waals surface area (Å²) in [5.41, 5.74) is 2.23. The normalized spacial score (nSPS) is 11.2. The molecule has 0 aliphatic carbocycles. The third-order valence-corrected chi connectivity index (χ3v) is 5.15. The Morgan fingerprint density at radius 1 is 0.968 bits per heavy atom. The maximum atomic E-state index is 12.7. The van der Waals surface area contributed by atoms with Gasteiger partial charge in [-0.25, -0.2) is 9.48 Å². The molecule has 3 rings (SSSR count). The summed E-state index contributed by atoms with van der Waals surface area (Å²) >= 11 is 12.2. The van der Waals surface area contributed by atoms with Crippen LogP contribution in [0.2, 0.25) is 10.0 Å². The second-order valence-corrected chi connectivity index (χ2v) is 8.77. The zero-order valence-corrected chi connectivity index (χ0v) is 19.1. The highest BCUT2D eigenvalue weighted by Gasteiger charge is 2.22. The molecule has 3 amide bonds. The van der Waals surface area contributed by atoms with Crippen molar-refractivity contribution in [2.24, 2.45) is 0 Å². The average Bonchev–Trinajstić information content (AvgIpc) is 3.09. The van der Waals surface area contributed by atoms with Gasteiger partial charge in [-0.3, -0.25) is 10.1 Å². The van der Waals surface area contributed by atoms with Gasteiger partial charge in [0.15, 0.2) is 0 Å². The first-order valence-electron chi connectivity index (χ1n) is 9.55. The fraction of sp³-hybridized carbons (Fsp3) is 0.227. The van der Waals surface area contributed by atoms with E-state index in [1.165, 1.54) is 6.92 Å². The third-order valence-electron chi connectivity index (χ3n) is 4.33. The number of halogens is 2. The molecule has 7 nitrogen and oxygen atoms in total. The molecule has 0 atom stereocenters. The van der Waals surface area contributed by atoms with Gasteiger partial charge >= 0.3 is 6.03 Å². The van der Waals surface area contributed by atoms with Crippen LogP contribution in [-0.2, 0) is 10.2 Å². The van der Waals surface area contributed by atoms with E-state index in [0.29, 0.717) is 27.9 Å². The molecule has 1 heterocycles. The van der Waals surface area contributed by atoms with E-state index in [2.05, 4.69) is 21.0 Å². The van der Waals surface area contributed by atoms with Gasteiger partial charge in [0.25, 0.3) is 0 Å². The smallest absolute Gasteiger partial charge is 0.324 e. The van der Waals surface area contributed by atoms with Crippen molar-refractivity contribution in [1.29, 1.82) is 0 Å². The minimum absolute atomic E-state index is 0.177. The minimum atomic E-state index is -0.496. The van der Waals surface area contributed by atoms with Gasteiger partial charge in [0.2, 0.25) is 5.91 Å². The molecule has 0 bridgehead atoms. The maximum absolute atomic E-state index is 12.7. The Hall–Kier alpha value is -3.03. The number of carbonyl (C=O) groups is 2. The van der Waals surface area contributed by atoms with Crippen LogP contribution in [0.15, 0.2) is 48.5 Å². The molecule has 0 aliphatic heterocycles. The van der Waals surface area contributed by atoms with Gasteiger partial charge in [-0.15, -0.1) is 0 Å². The van der Waals surface area contributed by atoms with Crippen molar-refractivity contribution in [3.63, 3.8) is 0 Å². The number of benzene rings is 2. The molecule has 31 heavy (non-hydrogen) atoms. The molecule has 0 unspecified atom stereocenters. The summed E-state index contributed by atoms with van der Waals surface area (Å²) in [7, 11) is 0. The van der Waals surface area contributed by atoms with E-state index in [1.807, 2.05) is 32.9 Å². The monoisotopic (exact) mass is 459 g/mol. The fourth-order valence-electron chi connectivity index (χ4n) is 2.82. The summed E-state index contributed by atoms with van der Waals surface area (Å²) < 4.78 is 1.62. The van der Waals surface area contributed by atoms with Crippen molar-refractivity contribution in [2.45, 2.75) is 33.1 Å². The van der Waals surface area contributed by atoms with Crippen LogP contribution in [0.25, 0.3) is 5.69 Å². The lowest BCUT2D eigenvalue weighted by molar-refractivity contribution is -0.114. The minimum Gasteiger partial charge on any atom is -0.326 e. The van der Waals surface area contributed by atoms with E-state index in [0.717, 1.165) is 5.69 Å². The van der Waals surface area contributed by atoms with Crippen LogP contribution >= 0.6 is 23.2 Å². The molecule has 162 valence electrons. The zero-order chi connectivity index (χ0) is 22.8. The summed E-state index contributed by atoms with van der Waals surface area (Å²) in [4.78, 5) is 24.1. The van der Waals surface area contributed by atoms with Crippen LogP contribution in [0, 0.1) is 0 Å². The van der Waals surface area contributed by atoms with Gasteiger partial charge in [0, 0.05) is 24.1 Å². The van der Waals surface area contributed by atoms with Gasteiger partial charge in [-0.2, -0.15) is 5.10 Å². The maximum Gasteiger partial charge on any atom is 0.324 e. The highest BCUT2D eigenvalue weighted by atomic mass is 35.5. The highest BCUT2D eigenvalue weighted by Crippen LogP contribution is 2.30.